The number of nitrogens with zero attached hydrogens (tertiary/aromatic N) is 2. The fourth-order valence-electron chi connectivity index (χ4n) is 2.85. The molecule has 2 N–H and O–H groups in total. The van der Waals surface area contributed by atoms with Gasteiger partial charge in [0.15, 0.2) is 5.16 Å². The number of imide groups is 1. The molecule has 0 bridgehead atoms. The summed E-state index contributed by atoms with van der Waals surface area (Å²) in [4.78, 5) is 44.6. The third-order valence-corrected chi connectivity index (χ3v) is 7.53. The second-order valence-electron chi connectivity index (χ2n) is 6.77. The van der Waals surface area contributed by atoms with Crippen molar-refractivity contribution in [1.82, 2.24) is 20.2 Å². The number of unbranched alkanes of at least 4 members (excludes halogenated alkanes) is 1. The SMILES string of the molecule is CCCCn1c(SCC(=O)NC(=O)NCc2cccs2)nc2sc(C)c(C)c2c1=O. The number of rotatable bonds is 8. The van der Waals surface area contributed by atoms with E-state index in [-0.39, 0.29) is 11.3 Å². The number of aromatic nitrogens is 2. The Kier molecular flexibility index (Phi) is 7.68. The number of carbonyl (C=O) groups excluding carboxylic acids is 2. The van der Waals surface area contributed by atoms with E-state index in [1.54, 1.807) is 4.57 Å². The molecule has 0 spiro atoms. The normalized spacial score (nSPS) is 11.0. The van der Waals surface area contributed by atoms with Crippen LogP contribution in [0.1, 0.15) is 35.1 Å². The average Bonchev–Trinajstić information content (AvgIpc) is 3.32. The minimum atomic E-state index is -0.537. The highest BCUT2D eigenvalue weighted by molar-refractivity contribution is 7.99. The smallest absolute Gasteiger partial charge is 0.321 e. The lowest BCUT2D eigenvalue weighted by atomic mass is 10.2. The Morgan fingerprint density at radius 1 is 1.30 bits per heavy atom. The van der Waals surface area contributed by atoms with Gasteiger partial charge in [-0.15, -0.1) is 22.7 Å². The Morgan fingerprint density at radius 3 is 2.80 bits per heavy atom. The molecule has 0 atom stereocenters. The monoisotopic (exact) mass is 464 g/mol. The van der Waals surface area contributed by atoms with E-state index < -0.39 is 11.9 Å². The summed E-state index contributed by atoms with van der Waals surface area (Å²) in [5.41, 5.74) is 0.904. The van der Waals surface area contributed by atoms with Crippen molar-refractivity contribution in [1.29, 1.82) is 0 Å². The molecular formula is C20H24N4O3S3. The summed E-state index contributed by atoms with van der Waals surface area (Å²) >= 11 is 4.20. The van der Waals surface area contributed by atoms with E-state index in [2.05, 4.69) is 22.5 Å². The lowest BCUT2D eigenvalue weighted by molar-refractivity contribution is -0.117. The summed E-state index contributed by atoms with van der Waals surface area (Å²) in [6.07, 6.45) is 1.79. The zero-order valence-electron chi connectivity index (χ0n) is 17.1. The Morgan fingerprint density at radius 2 is 2.10 bits per heavy atom. The van der Waals surface area contributed by atoms with Crippen LogP contribution in [0.15, 0.2) is 27.5 Å². The molecule has 0 radical (unpaired) electrons. The van der Waals surface area contributed by atoms with Crippen LogP contribution >= 0.6 is 34.4 Å². The highest BCUT2D eigenvalue weighted by Crippen LogP contribution is 2.28. The minimum Gasteiger partial charge on any atom is -0.333 e. The number of urea groups is 1. The van der Waals surface area contributed by atoms with Crippen LogP contribution in [0.3, 0.4) is 0 Å². The van der Waals surface area contributed by atoms with Crippen LogP contribution in [-0.4, -0.2) is 27.2 Å². The second kappa shape index (κ2) is 10.2. The van der Waals surface area contributed by atoms with Gasteiger partial charge < -0.3 is 5.32 Å². The lowest BCUT2D eigenvalue weighted by Crippen LogP contribution is -2.40. The fraction of sp³-hybridized carbons (Fsp3) is 0.400. The van der Waals surface area contributed by atoms with E-state index in [9.17, 15) is 14.4 Å². The zero-order chi connectivity index (χ0) is 21.7. The average molecular weight is 465 g/mol. The zero-order valence-corrected chi connectivity index (χ0v) is 19.6. The molecule has 0 aliphatic carbocycles. The quantitative estimate of drug-likeness (QED) is 0.387. The maximum absolute atomic E-state index is 13.1. The van der Waals surface area contributed by atoms with Crippen molar-refractivity contribution in [2.75, 3.05) is 5.75 Å². The van der Waals surface area contributed by atoms with Gasteiger partial charge >= 0.3 is 6.03 Å². The molecule has 0 aromatic carbocycles. The molecule has 3 rings (SSSR count). The van der Waals surface area contributed by atoms with Crippen LogP contribution in [0.4, 0.5) is 4.79 Å². The van der Waals surface area contributed by atoms with Gasteiger partial charge in [0, 0.05) is 16.3 Å². The van der Waals surface area contributed by atoms with Crippen LogP contribution in [0, 0.1) is 13.8 Å². The lowest BCUT2D eigenvalue weighted by Gasteiger charge is -2.12. The van der Waals surface area contributed by atoms with Crippen molar-refractivity contribution >= 4 is 56.6 Å². The number of amides is 3. The standard InChI is InChI=1S/C20H24N4O3S3/c1-4-5-8-24-18(26)16-12(2)13(3)30-17(16)23-20(24)29-11-15(25)22-19(27)21-10-14-7-6-9-28-14/h6-7,9H,4-5,8,10-11H2,1-3H3,(H2,21,22,25,27). The molecule has 0 aliphatic rings. The predicted octanol–water partition coefficient (Wildman–Crippen LogP) is 4.05. The Hall–Kier alpha value is -2.17. The molecule has 0 saturated carbocycles. The summed E-state index contributed by atoms with van der Waals surface area (Å²) in [6, 6.07) is 3.28. The Balaban J connectivity index is 1.68. The van der Waals surface area contributed by atoms with Crippen molar-refractivity contribution in [2.45, 2.75) is 51.9 Å². The van der Waals surface area contributed by atoms with Gasteiger partial charge in [-0.1, -0.05) is 31.2 Å². The largest absolute Gasteiger partial charge is 0.333 e. The van der Waals surface area contributed by atoms with Crippen LogP contribution in [0.2, 0.25) is 0 Å². The number of hydrogen-bond acceptors (Lipinski definition) is 7. The van der Waals surface area contributed by atoms with Crippen LogP contribution in [0.5, 0.6) is 0 Å². The van der Waals surface area contributed by atoms with Gasteiger partial charge in [-0.25, -0.2) is 9.78 Å². The molecule has 0 saturated heterocycles. The Bertz CT molecular complexity index is 1100. The summed E-state index contributed by atoms with van der Waals surface area (Å²) < 4.78 is 1.65. The number of fused-ring (bicyclic) bond motifs is 1. The molecule has 3 amide bonds. The molecule has 3 aromatic rings. The topological polar surface area (TPSA) is 93.1 Å². The number of carbonyl (C=O) groups is 2. The highest BCUT2D eigenvalue weighted by Gasteiger charge is 2.18. The van der Waals surface area contributed by atoms with Crippen molar-refractivity contribution < 1.29 is 9.59 Å². The second-order valence-corrected chi connectivity index (χ2v) is 9.94. The molecule has 0 unspecified atom stereocenters. The summed E-state index contributed by atoms with van der Waals surface area (Å²) in [5, 5.41) is 8.08. The first-order chi connectivity index (χ1) is 14.4. The summed E-state index contributed by atoms with van der Waals surface area (Å²) in [7, 11) is 0. The summed E-state index contributed by atoms with van der Waals surface area (Å²) in [6.45, 7) is 6.91. The third-order valence-electron chi connectivity index (χ3n) is 4.58. The third kappa shape index (κ3) is 5.30. The number of hydrogen-bond donors (Lipinski definition) is 2. The van der Waals surface area contributed by atoms with Gasteiger partial charge in [0.05, 0.1) is 17.7 Å². The summed E-state index contributed by atoms with van der Waals surface area (Å²) in [5.74, 6) is -0.432. The number of aryl methyl sites for hydroxylation is 2. The maximum atomic E-state index is 13.1. The molecule has 3 heterocycles. The van der Waals surface area contributed by atoms with Gasteiger partial charge in [-0.2, -0.15) is 0 Å². The van der Waals surface area contributed by atoms with Crippen LogP contribution in [-0.2, 0) is 17.9 Å². The minimum absolute atomic E-state index is 0.000166. The molecule has 160 valence electrons. The first-order valence-electron chi connectivity index (χ1n) is 9.64. The van der Waals surface area contributed by atoms with E-state index in [4.69, 9.17) is 0 Å². The number of thiophene rings is 2. The fourth-order valence-corrected chi connectivity index (χ4v) is 5.39. The molecule has 3 aromatic heterocycles. The van der Waals surface area contributed by atoms with Crippen LogP contribution < -0.4 is 16.2 Å². The van der Waals surface area contributed by atoms with E-state index in [0.717, 1.165) is 28.2 Å². The first-order valence-corrected chi connectivity index (χ1v) is 12.3. The molecular weight excluding hydrogens is 440 g/mol. The van der Waals surface area contributed by atoms with Gasteiger partial charge in [0.1, 0.15) is 4.83 Å². The molecule has 10 heteroatoms. The van der Waals surface area contributed by atoms with Gasteiger partial charge in [0.2, 0.25) is 5.91 Å². The van der Waals surface area contributed by atoms with E-state index in [1.165, 1.54) is 34.4 Å². The Labute approximate surface area is 186 Å². The maximum Gasteiger partial charge on any atom is 0.321 e. The van der Waals surface area contributed by atoms with Gasteiger partial charge in [0.25, 0.3) is 5.56 Å². The molecule has 0 aliphatic heterocycles. The van der Waals surface area contributed by atoms with Crippen molar-refractivity contribution in [2.24, 2.45) is 0 Å². The van der Waals surface area contributed by atoms with Crippen molar-refractivity contribution in [3.8, 4) is 0 Å². The number of thioether (sulfide) groups is 1. The van der Waals surface area contributed by atoms with Crippen LogP contribution in [0.25, 0.3) is 10.2 Å². The number of nitrogens with one attached hydrogen (secondary N) is 2. The highest BCUT2D eigenvalue weighted by atomic mass is 32.2. The van der Waals surface area contributed by atoms with Crippen molar-refractivity contribution in [3.63, 3.8) is 0 Å². The van der Waals surface area contributed by atoms with Crippen molar-refractivity contribution in [3.05, 3.63) is 43.2 Å². The van der Waals surface area contributed by atoms with Gasteiger partial charge in [-0.3, -0.25) is 19.5 Å². The van der Waals surface area contributed by atoms with E-state index >= 15 is 0 Å². The predicted molar refractivity (Wildman–Crippen MR) is 124 cm³/mol. The van der Waals surface area contributed by atoms with E-state index in [0.29, 0.717) is 28.5 Å². The molecule has 0 fully saturated rings. The van der Waals surface area contributed by atoms with E-state index in [1.807, 2.05) is 31.4 Å². The molecule has 30 heavy (non-hydrogen) atoms. The molecule has 7 nitrogen and oxygen atoms in total. The van der Waals surface area contributed by atoms with Gasteiger partial charge in [-0.05, 0) is 37.3 Å². The first kappa shape index (κ1) is 22.5.